The molecule has 0 atom stereocenters. The average Bonchev–Trinajstić information content (AvgIpc) is 2.58. The van der Waals surface area contributed by atoms with Crippen molar-refractivity contribution in [2.24, 2.45) is 16.7 Å². The zero-order valence-electron chi connectivity index (χ0n) is 11.1. The molecule has 1 saturated heterocycles. The van der Waals surface area contributed by atoms with Crippen molar-refractivity contribution in [3.8, 4) is 0 Å². The maximum Gasteiger partial charge on any atom is 0.0499 e. The lowest BCUT2D eigenvalue weighted by Gasteiger charge is -2.49. The molecule has 0 aromatic rings. The summed E-state index contributed by atoms with van der Waals surface area (Å²) in [6.45, 7) is 11.0. The molecular weight excluding hydrogens is 198 g/mol. The van der Waals surface area contributed by atoms with Gasteiger partial charge in [-0.3, -0.25) is 0 Å². The molecule has 1 saturated carbocycles. The van der Waals surface area contributed by atoms with Gasteiger partial charge in [-0.2, -0.15) is 0 Å². The van der Waals surface area contributed by atoms with E-state index in [1.165, 1.54) is 38.8 Å². The SMILES string of the molecule is CC(C)(C)C1CN(CC2(CO)CCCC2)C1. The zero-order valence-corrected chi connectivity index (χ0v) is 11.1. The van der Waals surface area contributed by atoms with Crippen LogP contribution in [-0.4, -0.2) is 36.2 Å². The number of aliphatic hydroxyl groups is 1. The molecule has 0 radical (unpaired) electrons. The van der Waals surface area contributed by atoms with Gasteiger partial charge in [-0.05, 0) is 24.2 Å². The van der Waals surface area contributed by atoms with Gasteiger partial charge in [-0.15, -0.1) is 0 Å². The molecule has 2 heteroatoms. The number of hydrogen-bond donors (Lipinski definition) is 1. The maximum absolute atomic E-state index is 9.58. The van der Waals surface area contributed by atoms with Crippen molar-refractivity contribution >= 4 is 0 Å². The quantitative estimate of drug-likeness (QED) is 0.798. The van der Waals surface area contributed by atoms with E-state index in [4.69, 9.17) is 0 Å². The van der Waals surface area contributed by atoms with Crippen molar-refractivity contribution in [1.82, 2.24) is 4.90 Å². The van der Waals surface area contributed by atoms with Crippen molar-refractivity contribution in [2.45, 2.75) is 46.5 Å². The van der Waals surface area contributed by atoms with E-state index in [-0.39, 0.29) is 5.41 Å². The molecular formula is C14H27NO. The van der Waals surface area contributed by atoms with Crippen LogP contribution in [0.2, 0.25) is 0 Å². The van der Waals surface area contributed by atoms with Crippen molar-refractivity contribution in [3.05, 3.63) is 0 Å². The first kappa shape index (κ1) is 12.4. The first-order chi connectivity index (χ1) is 7.45. The van der Waals surface area contributed by atoms with Crippen LogP contribution < -0.4 is 0 Å². The van der Waals surface area contributed by atoms with Gasteiger partial charge in [0.25, 0.3) is 0 Å². The normalized spacial score (nSPS) is 27.0. The van der Waals surface area contributed by atoms with E-state index in [9.17, 15) is 5.11 Å². The molecule has 1 heterocycles. The Morgan fingerprint density at radius 2 is 1.75 bits per heavy atom. The van der Waals surface area contributed by atoms with Gasteiger partial charge >= 0.3 is 0 Å². The third kappa shape index (κ3) is 2.43. The third-order valence-corrected chi connectivity index (χ3v) is 4.74. The summed E-state index contributed by atoms with van der Waals surface area (Å²) in [5, 5.41) is 9.58. The molecule has 94 valence electrons. The van der Waals surface area contributed by atoms with E-state index in [1.54, 1.807) is 0 Å². The van der Waals surface area contributed by atoms with Crippen molar-refractivity contribution in [3.63, 3.8) is 0 Å². The Labute approximate surface area is 100 Å². The van der Waals surface area contributed by atoms with Crippen LogP contribution in [-0.2, 0) is 0 Å². The lowest BCUT2D eigenvalue weighted by molar-refractivity contribution is -0.0197. The summed E-state index contributed by atoms with van der Waals surface area (Å²) in [7, 11) is 0. The minimum Gasteiger partial charge on any atom is -0.396 e. The van der Waals surface area contributed by atoms with Crippen molar-refractivity contribution < 1.29 is 5.11 Å². The van der Waals surface area contributed by atoms with E-state index in [2.05, 4.69) is 25.7 Å². The second kappa shape index (κ2) is 4.30. The molecule has 1 aliphatic carbocycles. The molecule has 0 aromatic heterocycles. The van der Waals surface area contributed by atoms with Gasteiger partial charge in [0.2, 0.25) is 0 Å². The van der Waals surface area contributed by atoms with Gasteiger partial charge < -0.3 is 10.0 Å². The Hall–Kier alpha value is -0.0800. The summed E-state index contributed by atoms with van der Waals surface area (Å²) in [5.74, 6) is 0.852. The van der Waals surface area contributed by atoms with Crippen LogP contribution >= 0.6 is 0 Å². The Balaban J connectivity index is 1.80. The highest BCUT2D eigenvalue weighted by molar-refractivity contribution is 4.94. The number of aliphatic hydroxyl groups excluding tert-OH is 1. The lowest BCUT2D eigenvalue weighted by atomic mass is 9.74. The molecule has 0 amide bonds. The van der Waals surface area contributed by atoms with Crippen LogP contribution in [0.15, 0.2) is 0 Å². The number of rotatable bonds is 3. The van der Waals surface area contributed by atoms with Crippen LogP contribution in [0.5, 0.6) is 0 Å². The van der Waals surface area contributed by atoms with Gasteiger partial charge in [0.15, 0.2) is 0 Å². The summed E-state index contributed by atoms with van der Waals surface area (Å²) in [5.41, 5.74) is 0.710. The van der Waals surface area contributed by atoms with E-state index in [0.717, 1.165) is 12.5 Å². The number of nitrogens with zero attached hydrogens (tertiary/aromatic N) is 1. The van der Waals surface area contributed by atoms with E-state index >= 15 is 0 Å². The molecule has 0 unspecified atom stereocenters. The maximum atomic E-state index is 9.58. The summed E-state index contributed by atoms with van der Waals surface area (Å²) >= 11 is 0. The Bertz CT molecular complexity index is 232. The second-order valence-electron chi connectivity index (χ2n) is 7.12. The average molecular weight is 225 g/mol. The highest BCUT2D eigenvalue weighted by atomic mass is 16.3. The molecule has 1 N–H and O–H groups in total. The predicted octanol–water partition coefficient (Wildman–Crippen LogP) is 2.52. The first-order valence-electron chi connectivity index (χ1n) is 6.78. The first-order valence-corrected chi connectivity index (χ1v) is 6.78. The number of hydrogen-bond acceptors (Lipinski definition) is 2. The van der Waals surface area contributed by atoms with E-state index in [1.807, 2.05) is 0 Å². The Kier molecular flexibility index (Phi) is 3.33. The van der Waals surface area contributed by atoms with Gasteiger partial charge in [-0.25, -0.2) is 0 Å². The molecule has 16 heavy (non-hydrogen) atoms. The molecule has 1 aliphatic heterocycles. The fourth-order valence-corrected chi connectivity index (χ4v) is 3.21. The summed E-state index contributed by atoms with van der Waals surface area (Å²) in [6.07, 6.45) is 5.11. The minimum atomic E-state index is 0.253. The fourth-order valence-electron chi connectivity index (χ4n) is 3.21. The molecule has 0 spiro atoms. The molecule has 0 aromatic carbocycles. The standard InChI is InChI=1S/C14H27NO/c1-13(2,3)12-8-15(9-12)10-14(11-16)6-4-5-7-14/h12,16H,4-11H2,1-3H3. The fraction of sp³-hybridized carbons (Fsp3) is 1.00. The van der Waals surface area contributed by atoms with Crippen LogP contribution in [0.4, 0.5) is 0 Å². The zero-order chi connectivity index (χ0) is 11.8. The molecule has 2 fully saturated rings. The number of likely N-dealkylation sites (tertiary alicyclic amines) is 1. The predicted molar refractivity (Wildman–Crippen MR) is 67.4 cm³/mol. The Morgan fingerprint density at radius 1 is 1.19 bits per heavy atom. The van der Waals surface area contributed by atoms with Gasteiger partial charge in [0.05, 0.1) is 0 Å². The Morgan fingerprint density at radius 3 is 2.19 bits per heavy atom. The summed E-state index contributed by atoms with van der Waals surface area (Å²) in [4.78, 5) is 2.55. The van der Waals surface area contributed by atoms with Crippen molar-refractivity contribution in [1.29, 1.82) is 0 Å². The third-order valence-electron chi connectivity index (χ3n) is 4.74. The highest BCUT2D eigenvalue weighted by Gasteiger charge is 2.41. The molecule has 0 bridgehead atoms. The topological polar surface area (TPSA) is 23.5 Å². The molecule has 2 rings (SSSR count). The largest absolute Gasteiger partial charge is 0.396 e. The van der Waals surface area contributed by atoms with Crippen molar-refractivity contribution in [2.75, 3.05) is 26.2 Å². The van der Waals surface area contributed by atoms with Crippen LogP contribution in [0.3, 0.4) is 0 Å². The lowest BCUT2D eigenvalue weighted by Crippen LogP contribution is -2.55. The van der Waals surface area contributed by atoms with Gasteiger partial charge in [0.1, 0.15) is 0 Å². The van der Waals surface area contributed by atoms with Crippen LogP contribution in [0, 0.1) is 16.7 Å². The van der Waals surface area contributed by atoms with Crippen LogP contribution in [0.1, 0.15) is 46.5 Å². The van der Waals surface area contributed by atoms with E-state index in [0.29, 0.717) is 12.0 Å². The second-order valence-corrected chi connectivity index (χ2v) is 7.12. The minimum absolute atomic E-state index is 0.253. The monoisotopic (exact) mass is 225 g/mol. The summed E-state index contributed by atoms with van der Waals surface area (Å²) in [6, 6.07) is 0. The summed E-state index contributed by atoms with van der Waals surface area (Å²) < 4.78 is 0. The van der Waals surface area contributed by atoms with Crippen LogP contribution in [0.25, 0.3) is 0 Å². The van der Waals surface area contributed by atoms with E-state index < -0.39 is 0 Å². The van der Waals surface area contributed by atoms with Gasteiger partial charge in [-0.1, -0.05) is 33.6 Å². The molecule has 2 aliphatic rings. The highest BCUT2D eigenvalue weighted by Crippen LogP contribution is 2.41. The van der Waals surface area contributed by atoms with Gasteiger partial charge in [0, 0.05) is 31.7 Å². The molecule has 2 nitrogen and oxygen atoms in total. The smallest absolute Gasteiger partial charge is 0.0499 e.